The van der Waals surface area contributed by atoms with E-state index in [4.69, 9.17) is 18.4 Å². The van der Waals surface area contributed by atoms with Crippen LogP contribution in [0.5, 0.6) is 5.75 Å². The fourth-order valence-corrected chi connectivity index (χ4v) is 4.52. The van der Waals surface area contributed by atoms with Gasteiger partial charge in [-0.05, 0) is 49.6 Å². The molecular formula is C24H31NO7S2. The number of methoxy groups -OCH3 is 1. The van der Waals surface area contributed by atoms with Crippen LogP contribution >= 0.6 is 11.3 Å². The van der Waals surface area contributed by atoms with Crippen LogP contribution in [0.3, 0.4) is 0 Å². The third kappa shape index (κ3) is 9.38. The molecule has 186 valence electrons. The molecule has 0 aliphatic rings. The number of carbonyl (C=O) groups is 1. The number of ether oxygens (including phenoxy) is 3. The van der Waals surface area contributed by atoms with E-state index in [-0.39, 0.29) is 19.4 Å². The molecule has 0 unspecified atom stereocenters. The number of aromatic nitrogens is 1. The molecule has 0 N–H and O–H groups in total. The highest BCUT2D eigenvalue weighted by Gasteiger charge is 2.30. The molecule has 8 nitrogen and oxygen atoms in total. The lowest BCUT2D eigenvalue weighted by molar-refractivity contribution is -0.135. The highest BCUT2D eigenvalue weighted by molar-refractivity contribution is 7.86. The summed E-state index contributed by atoms with van der Waals surface area (Å²) < 4.78 is 45.8. The van der Waals surface area contributed by atoms with Crippen LogP contribution in [0.15, 0.2) is 47.9 Å². The van der Waals surface area contributed by atoms with Gasteiger partial charge in [-0.1, -0.05) is 18.2 Å². The zero-order valence-electron chi connectivity index (χ0n) is 19.8. The molecule has 0 saturated carbocycles. The van der Waals surface area contributed by atoms with Gasteiger partial charge in [-0.15, -0.1) is 17.9 Å². The van der Waals surface area contributed by atoms with Crippen LogP contribution in [0, 0.1) is 6.92 Å². The molecule has 10 heteroatoms. The first-order valence-electron chi connectivity index (χ1n) is 10.6. The Morgan fingerprint density at radius 3 is 2.47 bits per heavy atom. The average molecular weight is 510 g/mol. The van der Waals surface area contributed by atoms with Crippen molar-refractivity contribution in [3.63, 3.8) is 0 Å². The van der Waals surface area contributed by atoms with Crippen molar-refractivity contribution in [3.05, 3.63) is 64.1 Å². The van der Waals surface area contributed by atoms with Crippen molar-refractivity contribution >= 4 is 34.0 Å². The number of benzene rings is 1. The third-order valence-electron chi connectivity index (χ3n) is 4.92. The molecule has 0 spiro atoms. The predicted molar refractivity (Wildman–Crippen MR) is 132 cm³/mol. The van der Waals surface area contributed by atoms with Crippen molar-refractivity contribution in [1.29, 1.82) is 0 Å². The van der Waals surface area contributed by atoms with E-state index in [2.05, 4.69) is 11.6 Å². The van der Waals surface area contributed by atoms with Crippen molar-refractivity contribution in [2.45, 2.75) is 51.6 Å². The highest BCUT2D eigenvalue weighted by atomic mass is 32.2. The highest BCUT2D eigenvalue weighted by Crippen LogP contribution is 2.24. The second-order valence-corrected chi connectivity index (χ2v) is 10.4. The largest absolute Gasteiger partial charge is 0.497 e. The SMILES string of the molecule is C=CC[C@H](OS(C)(=O)=O)[C@H](C[C@H](OC=O)/C(C)=C/c1csc(C)n1)OCc1ccc(OC)cc1. The van der Waals surface area contributed by atoms with Crippen LogP contribution in [0.2, 0.25) is 0 Å². The molecule has 2 aromatic rings. The van der Waals surface area contributed by atoms with Crippen molar-refractivity contribution in [3.8, 4) is 5.75 Å². The van der Waals surface area contributed by atoms with Gasteiger partial charge >= 0.3 is 0 Å². The Bertz CT molecular complexity index is 1060. The summed E-state index contributed by atoms with van der Waals surface area (Å²) in [6.45, 7) is 8.00. The molecule has 0 saturated heterocycles. The lowest BCUT2D eigenvalue weighted by atomic mass is 9.98. The zero-order chi connectivity index (χ0) is 25.1. The smallest absolute Gasteiger partial charge is 0.293 e. The van der Waals surface area contributed by atoms with E-state index >= 15 is 0 Å². The summed E-state index contributed by atoms with van der Waals surface area (Å²) in [4.78, 5) is 15.7. The maximum absolute atomic E-state index is 11.9. The Morgan fingerprint density at radius 1 is 1.24 bits per heavy atom. The van der Waals surface area contributed by atoms with Gasteiger partial charge in [0.25, 0.3) is 16.6 Å². The molecule has 0 bridgehead atoms. The Kier molecular flexibility index (Phi) is 10.9. The van der Waals surface area contributed by atoms with E-state index in [1.165, 1.54) is 11.3 Å². The van der Waals surface area contributed by atoms with Gasteiger partial charge < -0.3 is 14.2 Å². The van der Waals surface area contributed by atoms with Gasteiger partial charge in [0.05, 0.1) is 36.8 Å². The van der Waals surface area contributed by atoms with Gasteiger partial charge in [0.2, 0.25) is 0 Å². The summed E-state index contributed by atoms with van der Waals surface area (Å²) in [5.74, 6) is 0.711. The van der Waals surface area contributed by atoms with Crippen molar-refractivity contribution < 1.29 is 31.6 Å². The monoisotopic (exact) mass is 509 g/mol. The van der Waals surface area contributed by atoms with Gasteiger partial charge in [-0.3, -0.25) is 8.98 Å². The van der Waals surface area contributed by atoms with Crippen LogP contribution in [-0.2, 0) is 35.2 Å². The standard InChI is InChI=1S/C24H31NO7S2/c1-6-7-22(32-34(5,27)28)24(30-14-19-8-10-21(29-4)11-9-19)13-23(31-16-26)17(2)12-20-15-33-18(3)25-20/h6,8-12,15-16,22-24H,1,7,13-14H2,2-5H3/b17-12+/t22-,23-,24-/m0/s1. The Morgan fingerprint density at radius 2 is 1.94 bits per heavy atom. The normalized spacial score (nSPS) is 14.8. The van der Waals surface area contributed by atoms with Crippen molar-refractivity contribution in [2.75, 3.05) is 13.4 Å². The molecule has 3 atom stereocenters. The fourth-order valence-electron chi connectivity index (χ4n) is 3.29. The summed E-state index contributed by atoms with van der Waals surface area (Å²) >= 11 is 1.51. The summed E-state index contributed by atoms with van der Waals surface area (Å²) in [5.41, 5.74) is 2.36. The maximum atomic E-state index is 11.9. The van der Waals surface area contributed by atoms with Crippen LogP contribution in [0.1, 0.15) is 36.0 Å². The molecule has 0 radical (unpaired) electrons. The van der Waals surface area contributed by atoms with E-state index in [9.17, 15) is 13.2 Å². The molecular weight excluding hydrogens is 478 g/mol. The van der Waals surface area contributed by atoms with Gasteiger partial charge in [0.1, 0.15) is 18.0 Å². The van der Waals surface area contributed by atoms with E-state index in [1.54, 1.807) is 13.2 Å². The number of nitrogens with zero attached hydrogens (tertiary/aromatic N) is 1. The minimum Gasteiger partial charge on any atom is -0.497 e. The summed E-state index contributed by atoms with van der Waals surface area (Å²) in [7, 11) is -2.19. The molecule has 0 aliphatic carbocycles. The molecule has 1 aromatic carbocycles. The molecule has 0 amide bonds. The molecule has 34 heavy (non-hydrogen) atoms. The van der Waals surface area contributed by atoms with E-state index in [1.807, 2.05) is 49.6 Å². The third-order valence-corrected chi connectivity index (χ3v) is 6.31. The van der Waals surface area contributed by atoms with E-state index in [0.717, 1.165) is 28.1 Å². The number of carbonyl (C=O) groups excluding carboxylic acids is 1. The minimum absolute atomic E-state index is 0.175. The van der Waals surface area contributed by atoms with Gasteiger partial charge in [0, 0.05) is 11.8 Å². The number of aryl methyl sites for hydroxylation is 1. The summed E-state index contributed by atoms with van der Waals surface area (Å²) in [6, 6.07) is 7.32. The van der Waals surface area contributed by atoms with Crippen molar-refractivity contribution in [1.82, 2.24) is 4.98 Å². The van der Waals surface area contributed by atoms with Gasteiger partial charge in [-0.2, -0.15) is 8.42 Å². The molecule has 2 rings (SSSR count). The maximum Gasteiger partial charge on any atom is 0.293 e. The molecule has 0 aliphatic heterocycles. The first kappa shape index (κ1) is 27.7. The lowest BCUT2D eigenvalue weighted by Gasteiger charge is -2.29. The first-order chi connectivity index (χ1) is 16.1. The zero-order valence-corrected chi connectivity index (χ0v) is 21.4. The topological polar surface area (TPSA) is 101 Å². The average Bonchev–Trinajstić information content (AvgIpc) is 3.19. The van der Waals surface area contributed by atoms with Gasteiger partial charge in [-0.25, -0.2) is 4.98 Å². The fraction of sp³-hybridized carbons (Fsp3) is 0.417. The molecule has 1 aromatic heterocycles. The minimum atomic E-state index is -3.77. The quantitative estimate of drug-likeness (QED) is 0.199. The van der Waals surface area contributed by atoms with Gasteiger partial charge in [0.15, 0.2) is 0 Å². The second-order valence-electron chi connectivity index (χ2n) is 7.70. The van der Waals surface area contributed by atoms with E-state index < -0.39 is 28.4 Å². The van der Waals surface area contributed by atoms with Crippen LogP contribution in [0.25, 0.3) is 6.08 Å². The van der Waals surface area contributed by atoms with Crippen molar-refractivity contribution in [2.24, 2.45) is 0 Å². The Balaban J connectivity index is 2.30. The Labute approximate surface area is 205 Å². The summed E-state index contributed by atoms with van der Waals surface area (Å²) in [5, 5.41) is 2.82. The lowest BCUT2D eigenvalue weighted by Crippen LogP contribution is -2.37. The number of hydrogen-bond acceptors (Lipinski definition) is 9. The van der Waals surface area contributed by atoms with Crippen LogP contribution < -0.4 is 4.74 Å². The molecule has 0 fully saturated rings. The summed E-state index contributed by atoms with van der Waals surface area (Å²) in [6.07, 6.45) is 2.54. The Hall–Kier alpha value is -2.53. The van der Waals surface area contributed by atoms with E-state index in [0.29, 0.717) is 12.2 Å². The van der Waals surface area contributed by atoms with Crippen LogP contribution in [-0.4, -0.2) is 51.6 Å². The number of thiazole rings is 1. The first-order valence-corrected chi connectivity index (χ1v) is 13.3. The predicted octanol–water partition coefficient (Wildman–Crippen LogP) is 4.30. The van der Waals surface area contributed by atoms with Crippen LogP contribution in [0.4, 0.5) is 0 Å². The second kappa shape index (κ2) is 13.4. The molecule has 1 heterocycles. The number of rotatable bonds is 15. The number of hydrogen-bond donors (Lipinski definition) is 0.